The molecule has 4 rings (SSSR count). The van der Waals surface area contributed by atoms with Gasteiger partial charge in [-0.2, -0.15) is 13.5 Å². The summed E-state index contributed by atoms with van der Waals surface area (Å²) in [4.78, 5) is 26.3. The lowest BCUT2D eigenvalue weighted by Gasteiger charge is -2.27. The zero-order valence-corrected chi connectivity index (χ0v) is 14.4. The molecule has 3 amide bonds. The quantitative estimate of drug-likeness (QED) is 0.863. The van der Waals surface area contributed by atoms with Crippen LogP contribution in [0.4, 0.5) is 4.79 Å². The average molecular weight is 379 g/mol. The second-order valence-electron chi connectivity index (χ2n) is 5.66. The molecule has 10 heteroatoms. The predicted octanol–water partition coefficient (Wildman–Crippen LogP) is 1.39. The van der Waals surface area contributed by atoms with Crippen LogP contribution in [0.1, 0.15) is 22.5 Å². The van der Waals surface area contributed by atoms with Crippen LogP contribution in [-0.4, -0.2) is 36.9 Å². The molecule has 3 heterocycles. The molecule has 2 atom stereocenters. The fourth-order valence-corrected chi connectivity index (χ4v) is 5.14. The lowest BCUT2D eigenvalue weighted by Crippen LogP contribution is -2.41. The minimum atomic E-state index is -4.17. The van der Waals surface area contributed by atoms with Crippen LogP contribution in [0.5, 0.6) is 0 Å². The topological polar surface area (TPSA) is 110 Å². The first-order valence-electron chi connectivity index (χ1n) is 7.36. The van der Waals surface area contributed by atoms with Gasteiger partial charge in [-0.1, -0.05) is 18.2 Å². The predicted molar refractivity (Wildman–Crippen MR) is 87.6 cm³/mol. The number of nitrogens with two attached hydrogens (primary N) is 1. The standard InChI is InChI=1S/C15H13N3O5S2/c16-14(19)12-13-10(6-7-24-13)11-8-17(12)15(20)18(11)23-25(21,22)9-4-2-1-3-5-9/h1-7,11-12H,8H2,(H2,16,19). The molecule has 2 bridgehead atoms. The van der Waals surface area contributed by atoms with Crippen molar-refractivity contribution in [2.45, 2.75) is 17.0 Å². The third-order valence-electron chi connectivity index (χ3n) is 4.21. The van der Waals surface area contributed by atoms with Crippen LogP contribution in [0.25, 0.3) is 0 Å². The molecule has 2 aliphatic heterocycles. The van der Waals surface area contributed by atoms with Crippen molar-refractivity contribution < 1.29 is 22.3 Å². The van der Waals surface area contributed by atoms with E-state index in [4.69, 9.17) is 10.0 Å². The van der Waals surface area contributed by atoms with E-state index in [0.29, 0.717) is 10.4 Å². The van der Waals surface area contributed by atoms with Gasteiger partial charge in [-0.25, -0.2) is 4.79 Å². The second kappa shape index (κ2) is 5.55. The molecule has 0 aliphatic carbocycles. The first-order valence-corrected chi connectivity index (χ1v) is 9.65. The summed E-state index contributed by atoms with van der Waals surface area (Å²) in [6, 6.07) is 7.09. The van der Waals surface area contributed by atoms with Crippen molar-refractivity contribution in [3.8, 4) is 0 Å². The molecule has 130 valence electrons. The Bertz CT molecular complexity index is 957. The third-order valence-corrected chi connectivity index (χ3v) is 6.40. The largest absolute Gasteiger partial charge is 0.368 e. The van der Waals surface area contributed by atoms with Crippen molar-refractivity contribution in [2.75, 3.05) is 6.54 Å². The van der Waals surface area contributed by atoms with E-state index in [0.717, 1.165) is 5.06 Å². The maximum atomic E-state index is 12.6. The molecule has 0 radical (unpaired) electrons. The Morgan fingerprint density at radius 3 is 2.64 bits per heavy atom. The molecule has 1 aromatic carbocycles. The molecule has 1 aromatic heterocycles. The second-order valence-corrected chi connectivity index (χ2v) is 8.14. The van der Waals surface area contributed by atoms with Crippen LogP contribution < -0.4 is 5.73 Å². The summed E-state index contributed by atoms with van der Waals surface area (Å²) < 4.78 is 30.1. The molecule has 0 spiro atoms. The number of hydroxylamine groups is 2. The average Bonchev–Trinajstić information content (AvgIpc) is 3.16. The van der Waals surface area contributed by atoms with Gasteiger partial charge in [0.25, 0.3) is 0 Å². The van der Waals surface area contributed by atoms with Gasteiger partial charge >= 0.3 is 16.1 Å². The molecule has 2 N–H and O–H groups in total. The van der Waals surface area contributed by atoms with Crippen molar-refractivity contribution in [2.24, 2.45) is 5.73 Å². The Hall–Kier alpha value is -2.43. The monoisotopic (exact) mass is 379 g/mol. The Balaban J connectivity index is 1.72. The van der Waals surface area contributed by atoms with Gasteiger partial charge in [0, 0.05) is 4.88 Å². The summed E-state index contributed by atoms with van der Waals surface area (Å²) in [5.41, 5.74) is 6.13. The number of benzene rings is 1. The number of fused-ring (bicyclic) bond motifs is 4. The van der Waals surface area contributed by atoms with Gasteiger partial charge in [0.05, 0.1) is 11.4 Å². The SMILES string of the molecule is NC(=O)C1c2sccc2C2CN1C(=O)N2OS(=O)(=O)c1ccccc1. The van der Waals surface area contributed by atoms with E-state index in [2.05, 4.69) is 0 Å². The van der Waals surface area contributed by atoms with E-state index in [1.54, 1.807) is 29.6 Å². The smallest absolute Gasteiger partial charge is 0.346 e. The number of rotatable bonds is 4. The number of thiophene rings is 1. The lowest BCUT2D eigenvalue weighted by molar-refractivity contribution is -0.122. The van der Waals surface area contributed by atoms with Crippen LogP contribution in [-0.2, 0) is 19.2 Å². The van der Waals surface area contributed by atoms with Crippen molar-refractivity contribution >= 4 is 33.4 Å². The summed E-state index contributed by atoms with van der Waals surface area (Å²) in [7, 11) is -4.17. The molecule has 2 aromatic rings. The molecular weight excluding hydrogens is 366 g/mol. The number of nitrogens with zero attached hydrogens (tertiary/aromatic N) is 2. The molecule has 1 saturated heterocycles. The van der Waals surface area contributed by atoms with Crippen LogP contribution in [0, 0.1) is 0 Å². The zero-order valence-electron chi connectivity index (χ0n) is 12.7. The van der Waals surface area contributed by atoms with Gasteiger partial charge in [-0.3, -0.25) is 4.79 Å². The third kappa shape index (κ3) is 2.41. The van der Waals surface area contributed by atoms with Crippen LogP contribution in [0.2, 0.25) is 0 Å². The summed E-state index contributed by atoms with van der Waals surface area (Å²) in [5, 5.41) is 2.59. The molecule has 2 unspecified atom stereocenters. The number of urea groups is 1. The van der Waals surface area contributed by atoms with Gasteiger partial charge in [-0.05, 0) is 29.1 Å². The van der Waals surface area contributed by atoms with Crippen LogP contribution in [0.3, 0.4) is 0 Å². The van der Waals surface area contributed by atoms with E-state index < -0.39 is 34.1 Å². The maximum Gasteiger partial charge on any atom is 0.346 e. The zero-order chi connectivity index (χ0) is 17.8. The summed E-state index contributed by atoms with van der Waals surface area (Å²) in [6.45, 7) is 0.139. The lowest BCUT2D eigenvalue weighted by atomic mass is 9.99. The first kappa shape index (κ1) is 16.1. The number of amides is 3. The number of carbonyl (C=O) groups excluding carboxylic acids is 2. The van der Waals surface area contributed by atoms with Crippen LogP contribution >= 0.6 is 11.3 Å². The maximum absolute atomic E-state index is 12.6. The highest BCUT2D eigenvalue weighted by molar-refractivity contribution is 7.86. The van der Waals surface area contributed by atoms with Gasteiger partial charge in [0.1, 0.15) is 12.1 Å². The van der Waals surface area contributed by atoms with Gasteiger partial charge in [0.2, 0.25) is 5.91 Å². The Morgan fingerprint density at radius 1 is 1.24 bits per heavy atom. The summed E-state index contributed by atoms with van der Waals surface area (Å²) in [6.07, 6.45) is 0. The van der Waals surface area contributed by atoms with Crippen molar-refractivity contribution in [1.82, 2.24) is 9.96 Å². The molecule has 1 fully saturated rings. The summed E-state index contributed by atoms with van der Waals surface area (Å²) >= 11 is 1.30. The van der Waals surface area contributed by atoms with E-state index >= 15 is 0 Å². The molecular formula is C15H13N3O5S2. The van der Waals surface area contributed by atoms with Crippen LogP contribution in [0.15, 0.2) is 46.7 Å². The van der Waals surface area contributed by atoms with Crippen molar-refractivity contribution in [3.63, 3.8) is 0 Å². The number of hydrogen-bond acceptors (Lipinski definition) is 6. The van der Waals surface area contributed by atoms with Gasteiger partial charge < -0.3 is 10.6 Å². The fourth-order valence-electron chi connectivity index (χ4n) is 3.11. The fraction of sp³-hybridized carbons (Fsp3) is 0.200. The van der Waals surface area contributed by atoms with Gasteiger partial charge in [0.15, 0.2) is 0 Å². The van der Waals surface area contributed by atoms with Crippen molar-refractivity contribution in [3.05, 3.63) is 52.2 Å². The number of carbonyl (C=O) groups is 2. The molecule has 25 heavy (non-hydrogen) atoms. The van der Waals surface area contributed by atoms with Crippen molar-refractivity contribution in [1.29, 1.82) is 0 Å². The molecule has 2 aliphatic rings. The van der Waals surface area contributed by atoms with Gasteiger partial charge in [-0.15, -0.1) is 15.6 Å². The van der Waals surface area contributed by atoms with E-state index in [9.17, 15) is 18.0 Å². The molecule has 8 nitrogen and oxygen atoms in total. The minimum Gasteiger partial charge on any atom is -0.368 e. The number of hydrogen-bond donors (Lipinski definition) is 1. The Labute approximate surface area is 147 Å². The highest BCUT2D eigenvalue weighted by Gasteiger charge is 2.52. The normalized spacial score (nSPS) is 22.2. The van der Waals surface area contributed by atoms with E-state index in [-0.39, 0.29) is 11.4 Å². The summed E-state index contributed by atoms with van der Waals surface area (Å²) in [5.74, 6) is -0.664. The highest BCUT2D eigenvalue weighted by Crippen LogP contribution is 2.46. The Kier molecular flexibility index (Phi) is 3.56. The Morgan fingerprint density at radius 2 is 1.96 bits per heavy atom. The highest BCUT2D eigenvalue weighted by atomic mass is 32.2. The minimum absolute atomic E-state index is 0.0590. The molecule has 0 saturated carbocycles. The van der Waals surface area contributed by atoms with E-state index in [1.165, 1.54) is 28.4 Å². The first-order chi connectivity index (χ1) is 11.9. The number of primary amides is 1. The van der Waals surface area contributed by atoms with E-state index in [1.807, 2.05) is 0 Å².